The predicted molar refractivity (Wildman–Crippen MR) is 78.8 cm³/mol. The van der Waals surface area contributed by atoms with Crippen LogP contribution in [0, 0.1) is 0 Å². The lowest BCUT2D eigenvalue weighted by atomic mass is 10.1. The maximum Gasteiger partial charge on any atom is 0.246 e. The normalized spacial score (nSPS) is 12.2. The molecule has 0 spiro atoms. The van der Waals surface area contributed by atoms with Crippen LogP contribution in [0.15, 0.2) is 30.7 Å². The van der Waals surface area contributed by atoms with Crippen LogP contribution in [0.1, 0.15) is 25.5 Å². The first-order chi connectivity index (χ1) is 9.97. The van der Waals surface area contributed by atoms with Gasteiger partial charge in [-0.25, -0.2) is 4.98 Å². The number of nitrogens with zero attached hydrogens (tertiary/aromatic N) is 3. The van der Waals surface area contributed by atoms with Crippen LogP contribution < -0.4 is 15.8 Å². The Hall–Kier alpha value is -2.41. The number of aryl methyl sites for hydroxylation is 1. The van der Waals surface area contributed by atoms with E-state index in [1.807, 2.05) is 13.8 Å². The molecule has 0 aliphatic rings. The van der Waals surface area contributed by atoms with Gasteiger partial charge in [0.05, 0.1) is 12.3 Å². The van der Waals surface area contributed by atoms with Gasteiger partial charge in [-0.2, -0.15) is 5.10 Å². The molecule has 0 aromatic carbocycles. The van der Waals surface area contributed by atoms with Crippen LogP contribution in [0.25, 0.3) is 0 Å². The average Bonchev–Trinajstić information content (AvgIpc) is 2.86. The van der Waals surface area contributed by atoms with E-state index in [1.54, 1.807) is 42.5 Å². The zero-order chi connectivity index (χ0) is 15.4. The molecule has 7 nitrogen and oxygen atoms in total. The van der Waals surface area contributed by atoms with Crippen molar-refractivity contribution in [2.24, 2.45) is 12.8 Å². The van der Waals surface area contributed by atoms with E-state index in [-0.39, 0.29) is 12.0 Å². The first kappa shape index (κ1) is 15.0. The molecule has 0 aliphatic heterocycles. The van der Waals surface area contributed by atoms with Crippen molar-refractivity contribution >= 4 is 11.6 Å². The lowest BCUT2D eigenvalue weighted by Gasteiger charge is -2.15. The van der Waals surface area contributed by atoms with E-state index >= 15 is 0 Å². The lowest BCUT2D eigenvalue weighted by Crippen LogP contribution is -2.28. The highest BCUT2D eigenvalue weighted by Crippen LogP contribution is 2.23. The summed E-state index contributed by atoms with van der Waals surface area (Å²) >= 11 is 0. The van der Waals surface area contributed by atoms with E-state index in [0.717, 1.165) is 0 Å². The Morgan fingerprint density at radius 2 is 2.24 bits per heavy atom. The Bertz CT molecular complexity index is 623. The predicted octanol–water partition coefficient (Wildman–Crippen LogP) is 1.24. The quantitative estimate of drug-likeness (QED) is 0.863. The molecule has 1 unspecified atom stereocenters. The fourth-order valence-electron chi connectivity index (χ4n) is 1.77. The summed E-state index contributed by atoms with van der Waals surface area (Å²) in [5.41, 5.74) is 7.06. The standard InChI is InChI=1S/C14H19N5O2/c1-9(2)21-14-11(5-4-6-16-14)18-13(20)12(15)10-7-17-19(3)8-10/h4-9,12H,15H2,1-3H3,(H,18,20). The van der Waals surface area contributed by atoms with Gasteiger partial charge in [0.25, 0.3) is 0 Å². The van der Waals surface area contributed by atoms with Crippen molar-refractivity contribution in [2.45, 2.75) is 26.0 Å². The van der Waals surface area contributed by atoms with E-state index in [1.165, 1.54) is 0 Å². The number of pyridine rings is 1. The Morgan fingerprint density at radius 3 is 2.86 bits per heavy atom. The molecule has 0 bridgehead atoms. The number of nitrogens with one attached hydrogen (secondary N) is 1. The number of nitrogens with two attached hydrogens (primary N) is 1. The largest absolute Gasteiger partial charge is 0.473 e. The molecule has 2 heterocycles. The van der Waals surface area contributed by atoms with Crippen molar-refractivity contribution in [3.05, 3.63) is 36.3 Å². The summed E-state index contributed by atoms with van der Waals surface area (Å²) in [4.78, 5) is 16.3. The molecule has 7 heteroatoms. The maximum absolute atomic E-state index is 12.2. The molecule has 21 heavy (non-hydrogen) atoms. The Kier molecular flexibility index (Phi) is 4.54. The molecular weight excluding hydrogens is 270 g/mol. The molecule has 2 rings (SSSR count). The zero-order valence-electron chi connectivity index (χ0n) is 12.3. The number of aromatic nitrogens is 3. The number of amides is 1. The summed E-state index contributed by atoms with van der Waals surface area (Å²) in [6.07, 6.45) is 4.84. The molecule has 1 amide bonds. The molecule has 0 saturated heterocycles. The van der Waals surface area contributed by atoms with E-state index in [2.05, 4.69) is 15.4 Å². The van der Waals surface area contributed by atoms with Crippen molar-refractivity contribution in [1.82, 2.24) is 14.8 Å². The lowest BCUT2D eigenvalue weighted by molar-refractivity contribution is -0.117. The highest BCUT2D eigenvalue weighted by Gasteiger charge is 2.19. The van der Waals surface area contributed by atoms with Crippen molar-refractivity contribution in [2.75, 3.05) is 5.32 Å². The summed E-state index contributed by atoms with van der Waals surface area (Å²) in [6.45, 7) is 3.78. The number of hydrogen-bond acceptors (Lipinski definition) is 5. The minimum atomic E-state index is -0.800. The second-order valence-corrected chi connectivity index (χ2v) is 4.94. The summed E-state index contributed by atoms with van der Waals surface area (Å²) < 4.78 is 7.15. The molecular formula is C14H19N5O2. The highest BCUT2D eigenvalue weighted by molar-refractivity contribution is 5.96. The van der Waals surface area contributed by atoms with E-state index in [0.29, 0.717) is 17.1 Å². The molecule has 3 N–H and O–H groups in total. The van der Waals surface area contributed by atoms with Gasteiger partial charge in [0, 0.05) is 25.0 Å². The van der Waals surface area contributed by atoms with Crippen LogP contribution in [-0.4, -0.2) is 26.8 Å². The van der Waals surface area contributed by atoms with Crippen LogP contribution in [0.4, 0.5) is 5.69 Å². The maximum atomic E-state index is 12.2. The second kappa shape index (κ2) is 6.36. The summed E-state index contributed by atoms with van der Waals surface area (Å²) in [5, 5.41) is 6.74. The molecule has 2 aromatic heterocycles. The molecule has 112 valence electrons. The van der Waals surface area contributed by atoms with Gasteiger partial charge in [-0.05, 0) is 26.0 Å². The summed E-state index contributed by atoms with van der Waals surface area (Å²) in [7, 11) is 1.77. The van der Waals surface area contributed by atoms with Crippen LogP contribution in [0.5, 0.6) is 5.88 Å². The van der Waals surface area contributed by atoms with Crippen LogP contribution in [0.2, 0.25) is 0 Å². The Balaban J connectivity index is 2.12. The topological polar surface area (TPSA) is 95.1 Å². The highest BCUT2D eigenvalue weighted by atomic mass is 16.5. The van der Waals surface area contributed by atoms with Gasteiger partial charge in [-0.15, -0.1) is 0 Å². The van der Waals surface area contributed by atoms with Crippen molar-refractivity contribution in [1.29, 1.82) is 0 Å². The van der Waals surface area contributed by atoms with Crippen molar-refractivity contribution < 1.29 is 9.53 Å². The first-order valence-corrected chi connectivity index (χ1v) is 6.64. The summed E-state index contributed by atoms with van der Waals surface area (Å²) in [5.74, 6) is 0.0313. The molecule has 0 aliphatic carbocycles. The molecule has 2 aromatic rings. The van der Waals surface area contributed by atoms with Gasteiger partial charge in [0.15, 0.2) is 0 Å². The van der Waals surface area contributed by atoms with Crippen LogP contribution in [0.3, 0.4) is 0 Å². The van der Waals surface area contributed by atoms with E-state index in [9.17, 15) is 4.79 Å². The third-order valence-electron chi connectivity index (χ3n) is 2.74. The Labute approximate surface area is 123 Å². The van der Waals surface area contributed by atoms with E-state index in [4.69, 9.17) is 10.5 Å². The first-order valence-electron chi connectivity index (χ1n) is 6.64. The van der Waals surface area contributed by atoms with Gasteiger partial charge in [-0.3, -0.25) is 9.48 Å². The smallest absolute Gasteiger partial charge is 0.246 e. The van der Waals surface area contributed by atoms with Crippen LogP contribution >= 0.6 is 0 Å². The summed E-state index contributed by atoms with van der Waals surface area (Å²) in [6, 6.07) is 2.64. The number of carbonyl (C=O) groups excluding carboxylic acids is 1. The number of rotatable bonds is 5. The third-order valence-corrected chi connectivity index (χ3v) is 2.74. The fraction of sp³-hybridized carbons (Fsp3) is 0.357. The molecule has 0 saturated carbocycles. The average molecular weight is 289 g/mol. The van der Waals surface area contributed by atoms with Gasteiger partial charge < -0.3 is 15.8 Å². The van der Waals surface area contributed by atoms with Gasteiger partial charge in [0.1, 0.15) is 11.7 Å². The van der Waals surface area contributed by atoms with E-state index < -0.39 is 6.04 Å². The fourth-order valence-corrected chi connectivity index (χ4v) is 1.77. The Morgan fingerprint density at radius 1 is 1.48 bits per heavy atom. The van der Waals surface area contributed by atoms with Gasteiger partial charge in [0.2, 0.25) is 11.8 Å². The third kappa shape index (κ3) is 3.79. The minimum absolute atomic E-state index is 0.0393. The number of hydrogen-bond donors (Lipinski definition) is 2. The minimum Gasteiger partial charge on any atom is -0.473 e. The monoisotopic (exact) mass is 289 g/mol. The molecule has 0 radical (unpaired) electrons. The number of anilines is 1. The van der Waals surface area contributed by atoms with Gasteiger partial charge in [-0.1, -0.05) is 0 Å². The number of carbonyl (C=O) groups is 1. The second-order valence-electron chi connectivity index (χ2n) is 4.94. The SMILES string of the molecule is CC(C)Oc1ncccc1NC(=O)C(N)c1cnn(C)c1. The van der Waals surface area contributed by atoms with Crippen molar-refractivity contribution in [3.63, 3.8) is 0 Å². The zero-order valence-corrected chi connectivity index (χ0v) is 12.3. The number of ether oxygens (including phenoxy) is 1. The molecule has 0 fully saturated rings. The van der Waals surface area contributed by atoms with Crippen LogP contribution in [-0.2, 0) is 11.8 Å². The molecule has 1 atom stereocenters. The van der Waals surface area contributed by atoms with Crippen molar-refractivity contribution in [3.8, 4) is 5.88 Å². The van der Waals surface area contributed by atoms with Gasteiger partial charge >= 0.3 is 0 Å².